The van der Waals surface area contributed by atoms with Crippen molar-refractivity contribution in [3.8, 4) is 5.75 Å². The zero-order valence-electron chi connectivity index (χ0n) is 15.8. The maximum atomic E-state index is 12.3. The maximum Gasteiger partial charge on any atom is 0.363 e. The zero-order valence-corrected chi connectivity index (χ0v) is 19.7. The molecule has 1 aliphatic rings. The second kappa shape index (κ2) is 9.28. The van der Waals surface area contributed by atoms with Gasteiger partial charge in [0.2, 0.25) is 5.90 Å². The van der Waals surface area contributed by atoms with Crippen LogP contribution in [0.2, 0.25) is 5.02 Å². The molecule has 0 unspecified atom stereocenters. The highest BCUT2D eigenvalue weighted by molar-refractivity contribution is 9.11. The van der Waals surface area contributed by atoms with Gasteiger partial charge in [0.1, 0.15) is 5.75 Å². The van der Waals surface area contributed by atoms with Gasteiger partial charge in [-0.2, -0.15) is 0 Å². The molecular formula is C20H15Br2ClN2O5. The van der Waals surface area contributed by atoms with E-state index >= 15 is 0 Å². The van der Waals surface area contributed by atoms with Crippen LogP contribution >= 0.6 is 43.5 Å². The van der Waals surface area contributed by atoms with E-state index in [1.54, 1.807) is 18.2 Å². The van der Waals surface area contributed by atoms with Crippen LogP contribution in [0.3, 0.4) is 0 Å². The van der Waals surface area contributed by atoms with Crippen LogP contribution in [0.15, 0.2) is 50.0 Å². The summed E-state index contributed by atoms with van der Waals surface area (Å²) in [4.78, 5) is 26.7. The number of carbonyl (C=O) groups is 1. The molecule has 3 rings (SSSR count). The fraction of sp³-hybridized carbons (Fsp3) is 0.200. The number of esters is 1. The first kappa shape index (κ1) is 22.5. The molecule has 10 heteroatoms. The Hall–Kier alpha value is -2.23. The van der Waals surface area contributed by atoms with Gasteiger partial charge in [0.05, 0.1) is 31.1 Å². The van der Waals surface area contributed by atoms with Crippen LogP contribution in [0, 0.1) is 16.0 Å². The van der Waals surface area contributed by atoms with Crippen molar-refractivity contribution in [2.24, 2.45) is 10.9 Å². The lowest BCUT2D eigenvalue weighted by molar-refractivity contribution is -0.384. The molecule has 0 amide bonds. The summed E-state index contributed by atoms with van der Waals surface area (Å²) in [5.74, 6) is 0.382. The highest BCUT2D eigenvalue weighted by Gasteiger charge is 2.26. The van der Waals surface area contributed by atoms with Crippen molar-refractivity contribution < 1.29 is 19.2 Å². The fourth-order valence-corrected chi connectivity index (χ4v) is 4.23. The summed E-state index contributed by atoms with van der Waals surface area (Å²) >= 11 is 13.1. The van der Waals surface area contributed by atoms with E-state index in [2.05, 4.69) is 50.7 Å². The van der Waals surface area contributed by atoms with E-state index in [9.17, 15) is 14.9 Å². The van der Waals surface area contributed by atoms with Gasteiger partial charge in [-0.1, -0.05) is 25.4 Å². The molecule has 0 saturated heterocycles. The van der Waals surface area contributed by atoms with Crippen LogP contribution in [0.25, 0.3) is 6.08 Å². The van der Waals surface area contributed by atoms with Gasteiger partial charge in [-0.3, -0.25) is 10.1 Å². The Bertz CT molecular complexity index is 1080. The van der Waals surface area contributed by atoms with E-state index < -0.39 is 10.9 Å². The van der Waals surface area contributed by atoms with E-state index in [1.807, 2.05) is 0 Å². The molecule has 0 spiro atoms. The van der Waals surface area contributed by atoms with Crippen LogP contribution in [0.4, 0.5) is 5.69 Å². The van der Waals surface area contributed by atoms with Crippen LogP contribution in [-0.4, -0.2) is 23.4 Å². The number of halogens is 3. The predicted molar refractivity (Wildman–Crippen MR) is 121 cm³/mol. The number of ether oxygens (including phenoxy) is 2. The largest absolute Gasteiger partial charge is 0.491 e. The second-order valence-corrected chi connectivity index (χ2v) is 8.89. The molecule has 1 heterocycles. The number of benzene rings is 2. The molecule has 7 nitrogen and oxygen atoms in total. The number of rotatable bonds is 6. The van der Waals surface area contributed by atoms with E-state index in [0.29, 0.717) is 29.4 Å². The number of carbonyl (C=O) groups excluding carboxylic acids is 1. The molecule has 2 aromatic rings. The van der Waals surface area contributed by atoms with Gasteiger partial charge in [0.15, 0.2) is 5.70 Å². The number of nitro benzene ring substituents is 1. The molecule has 0 N–H and O–H groups in total. The summed E-state index contributed by atoms with van der Waals surface area (Å²) in [6.07, 6.45) is 1.57. The van der Waals surface area contributed by atoms with Crippen LogP contribution in [0.1, 0.15) is 25.0 Å². The lowest BCUT2D eigenvalue weighted by Crippen LogP contribution is -2.06. The van der Waals surface area contributed by atoms with E-state index in [4.69, 9.17) is 21.1 Å². The Kier molecular flexibility index (Phi) is 6.95. The number of aliphatic imine (C=N–C) groups is 1. The van der Waals surface area contributed by atoms with E-state index in [1.165, 1.54) is 18.2 Å². The van der Waals surface area contributed by atoms with Crippen LogP contribution in [-0.2, 0) is 9.53 Å². The third kappa shape index (κ3) is 5.08. The van der Waals surface area contributed by atoms with Gasteiger partial charge in [-0.25, -0.2) is 9.79 Å². The van der Waals surface area contributed by atoms with Crippen molar-refractivity contribution in [1.29, 1.82) is 0 Å². The number of hydrogen-bond acceptors (Lipinski definition) is 6. The van der Waals surface area contributed by atoms with Crippen molar-refractivity contribution >= 4 is 67.1 Å². The lowest BCUT2D eigenvalue weighted by atomic mass is 10.2. The average molecular weight is 559 g/mol. The molecule has 0 bridgehead atoms. The molecule has 1 aliphatic heterocycles. The SMILES string of the molecule is CC(C)COc1c(Br)cc(/C=C2\N=C(c3ccc([N+](=O)[O-])cc3Cl)OC2=O)cc1Br. The van der Waals surface area contributed by atoms with Crippen molar-refractivity contribution in [2.45, 2.75) is 13.8 Å². The quantitative estimate of drug-likeness (QED) is 0.184. The normalized spacial score (nSPS) is 14.8. The molecule has 2 aromatic carbocycles. The van der Waals surface area contributed by atoms with Crippen molar-refractivity contribution in [2.75, 3.05) is 6.61 Å². The third-order valence-corrected chi connectivity index (χ3v) is 5.39. The minimum Gasteiger partial charge on any atom is -0.491 e. The maximum absolute atomic E-state index is 12.3. The molecule has 0 fully saturated rings. The Morgan fingerprint density at radius 1 is 1.27 bits per heavy atom. The van der Waals surface area contributed by atoms with E-state index in [-0.39, 0.29) is 22.3 Å². The molecule has 0 aliphatic carbocycles. The minimum atomic E-state index is -0.646. The minimum absolute atomic E-state index is 0.0128. The second-order valence-electron chi connectivity index (χ2n) is 6.78. The van der Waals surface area contributed by atoms with Crippen molar-refractivity contribution in [3.05, 3.63) is 71.2 Å². The van der Waals surface area contributed by atoms with Gasteiger partial charge in [0.25, 0.3) is 5.69 Å². The van der Waals surface area contributed by atoms with Crippen molar-refractivity contribution in [1.82, 2.24) is 0 Å². The molecule has 156 valence electrons. The van der Waals surface area contributed by atoms with E-state index in [0.717, 1.165) is 8.95 Å². The first-order chi connectivity index (χ1) is 14.2. The van der Waals surface area contributed by atoms with Crippen molar-refractivity contribution in [3.63, 3.8) is 0 Å². The summed E-state index contributed by atoms with van der Waals surface area (Å²) in [5, 5.41) is 10.9. The number of cyclic esters (lactones) is 1. The monoisotopic (exact) mass is 556 g/mol. The highest BCUT2D eigenvalue weighted by Crippen LogP contribution is 2.36. The summed E-state index contributed by atoms with van der Waals surface area (Å²) in [6, 6.07) is 7.44. The fourth-order valence-electron chi connectivity index (χ4n) is 2.52. The molecule has 30 heavy (non-hydrogen) atoms. The predicted octanol–water partition coefficient (Wildman–Crippen LogP) is 6.15. The summed E-state index contributed by atoms with van der Waals surface area (Å²) in [6.45, 7) is 4.67. The third-order valence-electron chi connectivity index (χ3n) is 3.90. The molecule has 0 aromatic heterocycles. The number of nitro groups is 1. The lowest BCUT2D eigenvalue weighted by Gasteiger charge is -2.13. The number of non-ortho nitro benzene ring substituents is 1. The molecule has 0 atom stereocenters. The smallest absolute Gasteiger partial charge is 0.363 e. The van der Waals surface area contributed by atoms with Gasteiger partial charge in [-0.15, -0.1) is 0 Å². The zero-order chi connectivity index (χ0) is 22.0. The first-order valence-corrected chi connectivity index (χ1v) is 10.7. The standard InChI is InChI=1S/C20H15Br2ClN2O5/c1-10(2)9-29-18-14(21)5-11(6-15(18)22)7-17-20(26)30-19(24-17)13-4-3-12(25(27)28)8-16(13)23/h3-8,10H,9H2,1-2H3/b17-7-. The number of hydrogen-bond donors (Lipinski definition) is 0. The molecular weight excluding hydrogens is 543 g/mol. The number of nitrogens with zero attached hydrogens (tertiary/aromatic N) is 2. The summed E-state index contributed by atoms with van der Waals surface area (Å²) in [5.41, 5.74) is 0.893. The van der Waals surface area contributed by atoms with Gasteiger partial charge in [0, 0.05) is 12.1 Å². The summed E-state index contributed by atoms with van der Waals surface area (Å²) < 4.78 is 12.4. The highest BCUT2D eigenvalue weighted by atomic mass is 79.9. The van der Waals surface area contributed by atoms with Gasteiger partial charge >= 0.3 is 5.97 Å². The first-order valence-electron chi connectivity index (χ1n) is 8.74. The Morgan fingerprint density at radius 3 is 2.50 bits per heavy atom. The molecule has 0 radical (unpaired) electrons. The van der Waals surface area contributed by atoms with Gasteiger partial charge < -0.3 is 9.47 Å². The van der Waals surface area contributed by atoms with Gasteiger partial charge in [-0.05, 0) is 67.6 Å². The molecule has 0 saturated carbocycles. The Morgan fingerprint density at radius 2 is 1.93 bits per heavy atom. The van der Waals surface area contributed by atoms with Crippen LogP contribution < -0.4 is 4.74 Å². The van der Waals surface area contributed by atoms with Crippen LogP contribution in [0.5, 0.6) is 5.75 Å². The summed E-state index contributed by atoms with van der Waals surface area (Å²) in [7, 11) is 0. The average Bonchev–Trinajstić information content (AvgIpc) is 3.00. The topological polar surface area (TPSA) is 91.0 Å². The Balaban J connectivity index is 1.90. The Labute approximate surface area is 194 Å².